The highest BCUT2D eigenvalue weighted by atomic mass is 32.1. The van der Waals surface area contributed by atoms with Crippen LogP contribution in [0.25, 0.3) is 0 Å². The molecule has 2 rings (SSSR count). The predicted octanol–water partition coefficient (Wildman–Crippen LogP) is 3.12. The maximum absolute atomic E-state index is 9.67. The van der Waals surface area contributed by atoms with Crippen LogP contribution >= 0.6 is 12.2 Å². The standard InChI is InChI=1S/C17H19N3O3S/c1-3-23-16-10-12(8-9-14(16)21)11-18-20-17(24)19-13-6-4-5-7-15(13)22-2/h4-11,21H,3H2,1-2H3,(H2,19,20,24)/b18-11+. The van der Waals surface area contributed by atoms with Crippen LogP contribution in [-0.4, -0.2) is 30.2 Å². The van der Waals surface area contributed by atoms with E-state index < -0.39 is 0 Å². The number of para-hydroxylation sites is 2. The van der Waals surface area contributed by atoms with E-state index in [9.17, 15) is 5.11 Å². The van der Waals surface area contributed by atoms with E-state index in [4.69, 9.17) is 21.7 Å². The third kappa shape index (κ3) is 4.85. The third-order valence-corrected chi connectivity index (χ3v) is 3.21. The van der Waals surface area contributed by atoms with Crippen molar-refractivity contribution in [2.45, 2.75) is 6.92 Å². The molecule has 0 saturated heterocycles. The van der Waals surface area contributed by atoms with Crippen molar-refractivity contribution < 1.29 is 14.6 Å². The Morgan fingerprint density at radius 1 is 1.25 bits per heavy atom. The minimum absolute atomic E-state index is 0.0929. The number of methoxy groups -OCH3 is 1. The van der Waals surface area contributed by atoms with E-state index in [-0.39, 0.29) is 5.75 Å². The first-order chi connectivity index (χ1) is 11.6. The predicted molar refractivity (Wildman–Crippen MR) is 99.2 cm³/mol. The monoisotopic (exact) mass is 345 g/mol. The first-order valence-corrected chi connectivity index (χ1v) is 7.73. The summed E-state index contributed by atoms with van der Waals surface area (Å²) in [5, 5.41) is 17.1. The second-order valence-corrected chi connectivity index (χ2v) is 5.09. The number of nitrogens with zero attached hydrogens (tertiary/aromatic N) is 1. The lowest BCUT2D eigenvalue weighted by atomic mass is 10.2. The minimum atomic E-state index is 0.0929. The Morgan fingerprint density at radius 3 is 2.79 bits per heavy atom. The van der Waals surface area contributed by atoms with Gasteiger partial charge in [-0.25, -0.2) is 0 Å². The molecule has 0 radical (unpaired) electrons. The van der Waals surface area contributed by atoms with Crippen LogP contribution in [0.1, 0.15) is 12.5 Å². The summed E-state index contributed by atoms with van der Waals surface area (Å²) in [6, 6.07) is 12.4. The SMILES string of the molecule is CCOc1cc(/C=N/NC(=S)Nc2ccccc2OC)ccc1O. The molecule has 6 nitrogen and oxygen atoms in total. The number of anilines is 1. The molecular formula is C17H19N3O3S. The number of ether oxygens (including phenoxy) is 2. The topological polar surface area (TPSA) is 75.1 Å². The van der Waals surface area contributed by atoms with E-state index in [2.05, 4.69) is 15.8 Å². The van der Waals surface area contributed by atoms with E-state index in [0.717, 1.165) is 11.3 Å². The third-order valence-electron chi connectivity index (χ3n) is 3.02. The number of phenolic OH excluding ortho intramolecular Hbond substituents is 1. The quantitative estimate of drug-likeness (QED) is 0.424. The number of hydrogen-bond donors (Lipinski definition) is 3. The molecule has 2 aromatic rings. The van der Waals surface area contributed by atoms with E-state index >= 15 is 0 Å². The molecule has 0 aromatic heterocycles. The van der Waals surface area contributed by atoms with Crippen LogP contribution in [0.2, 0.25) is 0 Å². The zero-order valence-electron chi connectivity index (χ0n) is 13.4. The van der Waals surface area contributed by atoms with Crippen LogP contribution in [-0.2, 0) is 0 Å². The van der Waals surface area contributed by atoms with Gasteiger partial charge >= 0.3 is 0 Å². The molecule has 0 aliphatic heterocycles. The molecule has 126 valence electrons. The van der Waals surface area contributed by atoms with Crippen LogP contribution in [0.15, 0.2) is 47.6 Å². The highest BCUT2D eigenvalue weighted by Crippen LogP contribution is 2.26. The molecule has 3 N–H and O–H groups in total. The maximum Gasteiger partial charge on any atom is 0.191 e. The molecule has 0 atom stereocenters. The van der Waals surface area contributed by atoms with E-state index in [1.807, 2.05) is 31.2 Å². The zero-order valence-corrected chi connectivity index (χ0v) is 14.3. The summed E-state index contributed by atoms with van der Waals surface area (Å²) in [5.74, 6) is 1.19. The van der Waals surface area contributed by atoms with Gasteiger partial charge in [0.05, 0.1) is 25.6 Å². The van der Waals surface area contributed by atoms with Gasteiger partial charge in [0.25, 0.3) is 0 Å². The lowest BCUT2D eigenvalue weighted by Gasteiger charge is -2.10. The van der Waals surface area contributed by atoms with Gasteiger partial charge in [-0.2, -0.15) is 5.10 Å². The Bertz CT molecular complexity index is 735. The Hall–Kier alpha value is -2.80. The highest BCUT2D eigenvalue weighted by molar-refractivity contribution is 7.80. The summed E-state index contributed by atoms with van der Waals surface area (Å²) >= 11 is 5.19. The van der Waals surface area contributed by atoms with Crippen molar-refractivity contribution in [3.05, 3.63) is 48.0 Å². The number of nitrogens with one attached hydrogen (secondary N) is 2. The van der Waals surface area contributed by atoms with E-state index in [1.54, 1.807) is 31.5 Å². The number of aromatic hydroxyl groups is 1. The molecule has 0 unspecified atom stereocenters. The minimum Gasteiger partial charge on any atom is -0.504 e. The summed E-state index contributed by atoms with van der Waals surface area (Å²) < 4.78 is 10.6. The molecular weight excluding hydrogens is 326 g/mol. The molecule has 0 aliphatic carbocycles. The van der Waals surface area contributed by atoms with Gasteiger partial charge in [0, 0.05) is 0 Å². The van der Waals surface area contributed by atoms with Crippen LogP contribution in [0.5, 0.6) is 17.2 Å². The molecule has 2 aromatic carbocycles. The molecule has 7 heteroatoms. The van der Waals surface area contributed by atoms with Gasteiger partial charge in [0.2, 0.25) is 0 Å². The number of rotatable bonds is 6. The van der Waals surface area contributed by atoms with Gasteiger partial charge in [-0.15, -0.1) is 0 Å². The van der Waals surface area contributed by atoms with Crippen LogP contribution < -0.4 is 20.2 Å². The normalized spacial score (nSPS) is 10.4. The van der Waals surface area contributed by atoms with Gasteiger partial charge < -0.3 is 19.9 Å². The zero-order chi connectivity index (χ0) is 17.4. The van der Waals surface area contributed by atoms with Gasteiger partial charge in [-0.1, -0.05) is 12.1 Å². The van der Waals surface area contributed by atoms with Gasteiger partial charge in [-0.3, -0.25) is 5.43 Å². The van der Waals surface area contributed by atoms with Crippen molar-refractivity contribution in [1.29, 1.82) is 0 Å². The molecule has 0 heterocycles. The van der Waals surface area contributed by atoms with Gasteiger partial charge in [0.15, 0.2) is 16.6 Å². The molecule has 0 bridgehead atoms. The average molecular weight is 345 g/mol. The fraction of sp³-hybridized carbons (Fsp3) is 0.176. The van der Waals surface area contributed by atoms with Crippen LogP contribution in [0, 0.1) is 0 Å². The maximum atomic E-state index is 9.67. The van der Waals surface area contributed by atoms with Crippen LogP contribution in [0.3, 0.4) is 0 Å². The highest BCUT2D eigenvalue weighted by Gasteiger charge is 2.04. The number of benzene rings is 2. The Balaban J connectivity index is 1.96. The van der Waals surface area contributed by atoms with Crippen molar-refractivity contribution in [3.8, 4) is 17.2 Å². The number of hydrazone groups is 1. The number of thiocarbonyl (C=S) groups is 1. The smallest absolute Gasteiger partial charge is 0.191 e. The fourth-order valence-electron chi connectivity index (χ4n) is 1.95. The first kappa shape index (κ1) is 17.6. The fourth-order valence-corrected chi connectivity index (χ4v) is 2.11. The Labute approximate surface area is 146 Å². The molecule has 0 fully saturated rings. The molecule has 0 aliphatic rings. The van der Waals surface area contributed by atoms with Crippen molar-refractivity contribution in [2.24, 2.45) is 5.10 Å². The summed E-state index contributed by atoms with van der Waals surface area (Å²) in [6.07, 6.45) is 1.58. The lowest BCUT2D eigenvalue weighted by molar-refractivity contribution is 0.318. The second-order valence-electron chi connectivity index (χ2n) is 4.68. The summed E-state index contributed by atoms with van der Waals surface area (Å²) in [5.41, 5.74) is 4.24. The van der Waals surface area contributed by atoms with Gasteiger partial charge in [0.1, 0.15) is 5.75 Å². The van der Waals surface area contributed by atoms with E-state index in [0.29, 0.717) is 23.2 Å². The summed E-state index contributed by atoms with van der Waals surface area (Å²) in [7, 11) is 1.59. The summed E-state index contributed by atoms with van der Waals surface area (Å²) in [6.45, 7) is 2.32. The summed E-state index contributed by atoms with van der Waals surface area (Å²) in [4.78, 5) is 0. The van der Waals surface area contributed by atoms with Gasteiger partial charge in [-0.05, 0) is 55.0 Å². The first-order valence-electron chi connectivity index (χ1n) is 7.33. The number of hydrogen-bond acceptors (Lipinski definition) is 5. The second kappa shape index (κ2) is 8.73. The van der Waals surface area contributed by atoms with Crippen molar-refractivity contribution >= 4 is 29.2 Å². The average Bonchev–Trinajstić information content (AvgIpc) is 2.58. The molecule has 0 spiro atoms. The largest absolute Gasteiger partial charge is 0.504 e. The molecule has 0 amide bonds. The molecule has 24 heavy (non-hydrogen) atoms. The van der Waals surface area contributed by atoms with Crippen molar-refractivity contribution in [1.82, 2.24) is 5.43 Å². The lowest BCUT2D eigenvalue weighted by Crippen LogP contribution is -2.24. The van der Waals surface area contributed by atoms with Crippen LogP contribution in [0.4, 0.5) is 5.69 Å². The Kier molecular flexibility index (Phi) is 6.39. The van der Waals surface area contributed by atoms with Crippen molar-refractivity contribution in [2.75, 3.05) is 19.0 Å². The molecule has 0 saturated carbocycles. The van der Waals surface area contributed by atoms with Crippen molar-refractivity contribution in [3.63, 3.8) is 0 Å². The van der Waals surface area contributed by atoms with E-state index in [1.165, 1.54) is 0 Å². The Morgan fingerprint density at radius 2 is 2.04 bits per heavy atom. The number of phenols is 1.